The molecule has 2 unspecified atom stereocenters. The van der Waals surface area contributed by atoms with E-state index < -0.39 is 9.84 Å². The molecule has 100 valence electrons. The first-order chi connectivity index (χ1) is 8.61. The zero-order valence-electron chi connectivity index (χ0n) is 10.5. The van der Waals surface area contributed by atoms with Crippen LogP contribution in [0.3, 0.4) is 0 Å². The Morgan fingerprint density at radius 2 is 2.17 bits per heavy atom. The molecule has 0 aliphatic carbocycles. The first kappa shape index (κ1) is 12.1. The number of fused-ring (bicyclic) bond motifs is 1. The molecule has 1 saturated heterocycles. The molecule has 2 aliphatic heterocycles. The van der Waals surface area contributed by atoms with Gasteiger partial charge in [0, 0.05) is 19.0 Å². The van der Waals surface area contributed by atoms with Crippen molar-refractivity contribution in [3.63, 3.8) is 0 Å². The lowest BCUT2D eigenvalue weighted by atomic mass is 10.1. The number of sulfone groups is 1. The van der Waals surface area contributed by atoms with Crippen LogP contribution in [-0.4, -0.2) is 41.2 Å². The van der Waals surface area contributed by atoms with E-state index in [1.165, 1.54) is 0 Å². The SMILES string of the molecule is CCC1NCCn2c(C3CCS(=O)(=O)C3)nnc21. The molecule has 1 aromatic rings. The second-order valence-corrected chi connectivity index (χ2v) is 7.31. The van der Waals surface area contributed by atoms with Gasteiger partial charge in [-0.1, -0.05) is 6.92 Å². The van der Waals surface area contributed by atoms with Crippen LogP contribution in [0.2, 0.25) is 0 Å². The molecule has 1 aromatic heterocycles. The molecule has 0 radical (unpaired) electrons. The second kappa shape index (κ2) is 4.31. The van der Waals surface area contributed by atoms with E-state index in [0.29, 0.717) is 6.42 Å². The predicted molar refractivity (Wildman–Crippen MR) is 67.1 cm³/mol. The molecule has 1 N–H and O–H groups in total. The smallest absolute Gasteiger partial charge is 0.151 e. The fourth-order valence-corrected chi connectivity index (χ4v) is 4.62. The Morgan fingerprint density at radius 1 is 1.39 bits per heavy atom. The molecule has 1 fully saturated rings. The minimum absolute atomic E-state index is 0.0341. The number of hydrogen-bond acceptors (Lipinski definition) is 5. The van der Waals surface area contributed by atoms with Crippen molar-refractivity contribution in [3.05, 3.63) is 11.6 Å². The summed E-state index contributed by atoms with van der Waals surface area (Å²) >= 11 is 0. The van der Waals surface area contributed by atoms with Gasteiger partial charge in [-0.05, 0) is 12.8 Å². The maximum absolute atomic E-state index is 11.6. The predicted octanol–water partition coefficient (Wildman–Crippen LogP) is 0.234. The standard InChI is InChI=1S/C11H18N4O2S/c1-2-9-11-14-13-10(15(11)5-4-12-9)8-3-6-18(16,17)7-8/h8-9,12H,2-7H2,1H3. The minimum Gasteiger partial charge on any atom is -0.312 e. The first-order valence-electron chi connectivity index (χ1n) is 6.47. The average molecular weight is 270 g/mol. The maximum atomic E-state index is 11.6. The number of nitrogens with zero attached hydrogens (tertiary/aromatic N) is 3. The van der Waals surface area contributed by atoms with Gasteiger partial charge in [0.25, 0.3) is 0 Å². The van der Waals surface area contributed by atoms with Crippen molar-refractivity contribution >= 4 is 9.84 Å². The van der Waals surface area contributed by atoms with Gasteiger partial charge in [-0.3, -0.25) is 0 Å². The number of hydrogen-bond donors (Lipinski definition) is 1. The quantitative estimate of drug-likeness (QED) is 0.832. The van der Waals surface area contributed by atoms with Gasteiger partial charge in [-0.25, -0.2) is 8.42 Å². The van der Waals surface area contributed by atoms with E-state index in [9.17, 15) is 8.42 Å². The molecular formula is C11H18N4O2S. The van der Waals surface area contributed by atoms with Crippen LogP contribution in [0.4, 0.5) is 0 Å². The lowest BCUT2D eigenvalue weighted by Crippen LogP contribution is -2.34. The van der Waals surface area contributed by atoms with Crippen molar-refractivity contribution in [3.8, 4) is 0 Å². The summed E-state index contributed by atoms with van der Waals surface area (Å²) in [5.41, 5.74) is 0. The van der Waals surface area contributed by atoms with Crippen LogP contribution in [0.15, 0.2) is 0 Å². The van der Waals surface area contributed by atoms with E-state index in [-0.39, 0.29) is 23.5 Å². The lowest BCUT2D eigenvalue weighted by molar-refractivity contribution is 0.396. The highest BCUT2D eigenvalue weighted by Crippen LogP contribution is 2.30. The summed E-state index contributed by atoms with van der Waals surface area (Å²) < 4.78 is 25.2. The van der Waals surface area contributed by atoms with E-state index in [4.69, 9.17) is 0 Å². The maximum Gasteiger partial charge on any atom is 0.151 e. The Balaban J connectivity index is 1.93. The summed E-state index contributed by atoms with van der Waals surface area (Å²) in [5.74, 6) is 2.38. The highest BCUT2D eigenvalue weighted by molar-refractivity contribution is 7.91. The zero-order valence-corrected chi connectivity index (χ0v) is 11.3. The molecule has 0 amide bonds. The van der Waals surface area contributed by atoms with E-state index >= 15 is 0 Å². The molecule has 18 heavy (non-hydrogen) atoms. The molecule has 0 spiro atoms. The van der Waals surface area contributed by atoms with E-state index in [0.717, 1.165) is 31.2 Å². The number of nitrogens with one attached hydrogen (secondary N) is 1. The Labute approximate surface area is 107 Å². The van der Waals surface area contributed by atoms with Gasteiger partial charge in [-0.15, -0.1) is 10.2 Å². The van der Waals surface area contributed by atoms with Crippen molar-refractivity contribution < 1.29 is 8.42 Å². The fourth-order valence-electron chi connectivity index (χ4n) is 2.88. The highest BCUT2D eigenvalue weighted by Gasteiger charge is 2.34. The summed E-state index contributed by atoms with van der Waals surface area (Å²) in [4.78, 5) is 0. The Morgan fingerprint density at radius 3 is 2.83 bits per heavy atom. The van der Waals surface area contributed by atoms with Gasteiger partial charge in [-0.2, -0.15) is 0 Å². The van der Waals surface area contributed by atoms with Crippen LogP contribution in [0.5, 0.6) is 0 Å². The van der Waals surface area contributed by atoms with Gasteiger partial charge >= 0.3 is 0 Å². The van der Waals surface area contributed by atoms with Gasteiger partial charge in [0.15, 0.2) is 9.84 Å². The molecule has 0 aromatic carbocycles. The molecule has 2 atom stereocenters. The molecule has 0 saturated carbocycles. The molecule has 6 nitrogen and oxygen atoms in total. The topological polar surface area (TPSA) is 76.9 Å². The highest BCUT2D eigenvalue weighted by atomic mass is 32.2. The van der Waals surface area contributed by atoms with Gasteiger partial charge in [0.1, 0.15) is 11.6 Å². The molecule has 3 rings (SSSR count). The first-order valence-corrected chi connectivity index (χ1v) is 8.29. The normalized spacial score (nSPS) is 30.3. The van der Waals surface area contributed by atoms with Crippen LogP contribution >= 0.6 is 0 Å². The molecular weight excluding hydrogens is 252 g/mol. The Bertz CT molecular complexity index is 551. The van der Waals surface area contributed by atoms with Crippen LogP contribution < -0.4 is 5.32 Å². The number of aromatic nitrogens is 3. The monoisotopic (exact) mass is 270 g/mol. The van der Waals surface area contributed by atoms with Crippen molar-refractivity contribution in [2.75, 3.05) is 18.1 Å². The van der Waals surface area contributed by atoms with Crippen molar-refractivity contribution in [2.24, 2.45) is 0 Å². The fraction of sp³-hybridized carbons (Fsp3) is 0.818. The molecule has 0 bridgehead atoms. The van der Waals surface area contributed by atoms with Crippen LogP contribution in [0.1, 0.15) is 43.4 Å². The Kier molecular flexibility index (Phi) is 2.90. The third-order valence-corrected chi connectivity index (χ3v) is 5.62. The summed E-state index contributed by atoms with van der Waals surface area (Å²) in [6.45, 7) is 3.85. The zero-order chi connectivity index (χ0) is 12.8. The van der Waals surface area contributed by atoms with E-state index in [1.54, 1.807) is 0 Å². The summed E-state index contributed by atoms with van der Waals surface area (Å²) in [7, 11) is -2.86. The second-order valence-electron chi connectivity index (χ2n) is 5.08. The molecule has 7 heteroatoms. The van der Waals surface area contributed by atoms with Gasteiger partial charge < -0.3 is 9.88 Å². The van der Waals surface area contributed by atoms with Crippen LogP contribution in [0.25, 0.3) is 0 Å². The largest absolute Gasteiger partial charge is 0.312 e. The van der Waals surface area contributed by atoms with Crippen LogP contribution in [0, 0.1) is 0 Å². The van der Waals surface area contributed by atoms with Gasteiger partial charge in [0.05, 0.1) is 17.5 Å². The summed E-state index contributed by atoms with van der Waals surface area (Å²) in [6.07, 6.45) is 1.66. The van der Waals surface area contributed by atoms with Gasteiger partial charge in [0.2, 0.25) is 0 Å². The summed E-state index contributed by atoms with van der Waals surface area (Å²) in [5, 5.41) is 11.9. The minimum atomic E-state index is -2.86. The van der Waals surface area contributed by atoms with Crippen molar-refractivity contribution in [2.45, 2.75) is 38.3 Å². The third-order valence-electron chi connectivity index (χ3n) is 3.85. The molecule has 3 heterocycles. The lowest BCUT2D eigenvalue weighted by Gasteiger charge is -2.24. The molecule has 2 aliphatic rings. The number of rotatable bonds is 2. The summed E-state index contributed by atoms with van der Waals surface area (Å²) in [6, 6.07) is 0.248. The van der Waals surface area contributed by atoms with Crippen LogP contribution in [-0.2, 0) is 16.4 Å². The third kappa shape index (κ3) is 1.95. The van der Waals surface area contributed by atoms with E-state index in [2.05, 4.69) is 27.0 Å². The van der Waals surface area contributed by atoms with Crippen molar-refractivity contribution in [1.29, 1.82) is 0 Å². The Hall–Kier alpha value is -0.950. The van der Waals surface area contributed by atoms with E-state index in [1.807, 2.05) is 0 Å². The average Bonchev–Trinajstić information content (AvgIpc) is 2.91. The van der Waals surface area contributed by atoms with Crippen molar-refractivity contribution in [1.82, 2.24) is 20.1 Å².